The van der Waals surface area contributed by atoms with E-state index in [-0.39, 0.29) is 6.04 Å². The van der Waals surface area contributed by atoms with E-state index in [1.165, 1.54) is 5.69 Å². The molecule has 1 atom stereocenters. The Labute approximate surface area is 108 Å². The van der Waals surface area contributed by atoms with Gasteiger partial charge in [0.1, 0.15) is 0 Å². The fraction of sp³-hybridized carbons (Fsp3) is 0.357. The molecule has 2 aromatic rings. The molecule has 4 heteroatoms. The molecule has 96 valence electrons. The van der Waals surface area contributed by atoms with Gasteiger partial charge in [0.05, 0.1) is 12.2 Å². The summed E-state index contributed by atoms with van der Waals surface area (Å²) in [4.78, 5) is 2.28. The Balaban J connectivity index is 2.07. The largest absolute Gasteiger partial charge is 0.370 e. The lowest BCUT2D eigenvalue weighted by Crippen LogP contribution is -2.31. The summed E-state index contributed by atoms with van der Waals surface area (Å²) in [5, 5.41) is 4.16. The molecule has 4 nitrogen and oxygen atoms in total. The van der Waals surface area contributed by atoms with Gasteiger partial charge in [-0.05, 0) is 19.1 Å². The van der Waals surface area contributed by atoms with Crippen molar-refractivity contribution < 1.29 is 0 Å². The third kappa shape index (κ3) is 2.90. The van der Waals surface area contributed by atoms with Gasteiger partial charge in [-0.2, -0.15) is 5.10 Å². The van der Waals surface area contributed by atoms with Crippen molar-refractivity contribution >= 4 is 5.69 Å². The van der Waals surface area contributed by atoms with Crippen LogP contribution in [-0.4, -0.2) is 22.9 Å². The Morgan fingerprint density at radius 2 is 2.06 bits per heavy atom. The van der Waals surface area contributed by atoms with Crippen molar-refractivity contribution in [1.82, 2.24) is 9.78 Å². The highest BCUT2D eigenvalue weighted by atomic mass is 15.2. The quantitative estimate of drug-likeness (QED) is 0.874. The molecule has 0 radical (unpaired) electrons. The lowest BCUT2D eigenvalue weighted by Gasteiger charge is -2.26. The lowest BCUT2D eigenvalue weighted by atomic mass is 10.1. The molecular weight excluding hydrogens is 224 g/mol. The fourth-order valence-corrected chi connectivity index (χ4v) is 2.03. The molecule has 0 saturated heterocycles. The average molecular weight is 244 g/mol. The number of hydrogen-bond acceptors (Lipinski definition) is 3. The maximum absolute atomic E-state index is 6.23. The van der Waals surface area contributed by atoms with Crippen molar-refractivity contribution in [2.24, 2.45) is 12.8 Å². The molecule has 18 heavy (non-hydrogen) atoms. The van der Waals surface area contributed by atoms with Crippen LogP contribution in [0.3, 0.4) is 0 Å². The number of aryl methyl sites for hydroxylation is 1. The van der Waals surface area contributed by atoms with E-state index >= 15 is 0 Å². The van der Waals surface area contributed by atoms with Crippen LogP contribution in [0.25, 0.3) is 0 Å². The molecule has 1 aromatic heterocycles. The molecule has 0 bridgehead atoms. The Morgan fingerprint density at radius 1 is 1.33 bits per heavy atom. The summed E-state index contributed by atoms with van der Waals surface area (Å²) in [6, 6.07) is 10.3. The first-order valence-electron chi connectivity index (χ1n) is 6.25. The van der Waals surface area contributed by atoms with Crippen LogP contribution in [-0.2, 0) is 7.05 Å². The number of likely N-dealkylation sites (N-methyl/N-ethyl adjacent to an activating group) is 1. The van der Waals surface area contributed by atoms with Crippen LogP contribution < -0.4 is 10.6 Å². The zero-order valence-corrected chi connectivity index (χ0v) is 11.0. The van der Waals surface area contributed by atoms with Crippen molar-refractivity contribution in [1.29, 1.82) is 0 Å². The van der Waals surface area contributed by atoms with Crippen LogP contribution in [0.15, 0.2) is 42.7 Å². The summed E-state index contributed by atoms with van der Waals surface area (Å²) in [6.07, 6.45) is 3.81. The van der Waals surface area contributed by atoms with Crippen LogP contribution in [0.1, 0.15) is 18.5 Å². The number of nitrogens with zero attached hydrogens (tertiary/aromatic N) is 3. The highest BCUT2D eigenvalue weighted by Crippen LogP contribution is 2.17. The Hall–Kier alpha value is -1.81. The highest BCUT2D eigenvalue weighted by Gasteiger charge is 2.12. The predicted molar refractivity (Wildman–Crippen MR) is 74.5 cm³/mol. The minimum atomic E-state index is -0.0149. The van der Waals surface area contributed by atoms with Gasteiger partial charge in [0.25, 0.3) is 0 Å². The van der Waals surface area contributed by atoms with Gasteiger partial charge in [-0.1, -0.05) is 18.2 Å². The minimum Gasteiger partial charge on any atom is -0.370 e. The summed E-state index contributed by atoms with van der Waals surface area (Å²) in [5.74, 6) is 0. The smallest absolute Gasteiger partial charge is 0.0538 e. The van der Waals surface area contributed by atoms with Gasteiger partial charge in [0.15, 0.2) is 0 Å². The molecule has 2 rings (SSSR count). The first-order valence-corrected chi connectivity index (χ1v) is 6.25. The third-order valence-corrected chi connectivity index (χ3v) is 3.07. The van der Waals surface area contributed by atoms with Crippen molar-refractivity contribution in [3.05, 3.63) is 48.3 Å². The number of para-hydroxylation sites is 1. The standard InChI is InChI=1S/C14H20N4/c1-3-18(13-7-5-4-6-8-13)11-14(15)12-9-16-17(2)10-12/h4-10,14H,3,11,15H2,1-2H3. The monoisotopic (exact) mass is 244 g/mol. The van der Waals surface area contributed by atoms with Gasteiger partial charge in [-0.15, -0.1) is 0 Å². The van der Waals surface area contributed by atoms with Gasteiger partial charge in [-0.3, -0.25) is 4.68 Å². The number of hydrogen-bond donors (Lipinski definition) is 1. The number of anilines is 1. The zero-order valence-electron chi connectivity index (χ0n) is 11.0. The molecular formula is C14H20N4. The second-order valence-electron chi connectivity index (χ2n) is 4.43. The van der Waals surface area contributed by atoms with E-state index in [4.69, 9.17) is 5.73 Å². The Morgan fingerprint density at radius 3 is 2.61 bits per heavy atom. The van der Waals surface area contributed by atoms with E-state index in [2.05, 4.69) is 29.1 Å². The van der Waals surface area contributed by atoms with Crippen molar-refractivity contribution in [3.8, 4) is 0 Å². The Kier molecular flexibility index (Phi) is 3.99. The van der Waals surface area contributed by atoms with Gasteiger partial charge in [0, 0.05) is 37.6 Å². The minimum absolute atomic E-state index is 0.0149. The molecule has 0 spiro atoms. The summed E-state index contributed by atoms with van der Waals surface area (Å²) in [6.45, 7) is 3.88. The van der Waals surface area contributed by atoms with E-state index in [1.54, 1.807) is 4.68 Å². The Bertz CT molecular complexity index is 478. The molecule has 0 saturated carbocycles. The molecule has 0 aliphatic rings. The molecule has 1 unspecified atom stereocenters. The molecule has 1 heterocycles. The van der Waals surface area contributed by atoms with E-state index < -0.39 is 0 Å². The molecule has 0 fully saturated rings. The summed E-state index contributed by atoms with van der Waals surface area (Å²) >= 11 is 0. The van der Waals surface area contributed by atoms with Crippen LogP contribution >= 0.6 is 0 Å². The second-order valence-corrected chi connectivity index (χ2v) is 4.43. The van der Waals surface area contributed by atoms with Gasteiger partial charge < -0.3 is 10.6 Å². The fourth-order valence-electron chi connectivity index (χ4n) is 2.03. The van der Waals surface area contributed by atoms with Gasteiger partial charge in [-0.25, -0.2) is 0 Å². The van der Waals surface area contributed by atoms with Crippen molar-refractivity contribution in [3.63, 3.8) is 0 Å². The number of aromatic nitrogens is 2. The number of benzene rings is 1. The van der Waals surface area contributed by atoms with Gasteiger partial charge in [0.2, 0.25) is 0 Å². The van der Waals surface area contributed by atoms with E-state index in [0.29, 0.717) is 0 Å². The lowest BCUT2D eigenvalue weighted by molar-refractivity contribution is 0.675. The first kappa shape index (κ1) is 12.6. The van der Waals surface area contributed by atoms with E-state index in [9.17, 15) is 0 Å². The zero-order chi connectivity index (χ0) is 13.0. The summed E-state index contributed by atoms with van der Waals surface area (Å²) in [7, 11) is 1.91. The highest BCUT2D eigenvalue weighted by molar-refractivity contribution is 5.46. The topological polar surface area (TPSA) is 47.1 Å². The maximum Gasteiger partial charge on any atom is 0.0538 e. The summed E-state index contributed by atoms with van der Waals surface area (Å²) < 4.78 is 1.79. The predicted octanol–water partition coefficient (Wildman–Crippen LogP) is 1.95. The van der Waals surface area contributed by atoms with E-state index in [1.807, 2.05) is 37.6 Å². The van der Waals surface area contributed by atoms with Crippen LogP contribution in [0, 0.1) is 0 Å². The SMILES string of the molecule is CCN(CC(N)c1cnn(C)c1)c1ccccc1. The summed E-state index contributed by atoms with van der Waals surface area (Å²) in [5.41, 5.74) is 8.51. The molecule has 0 aliphatic heterocycles. The second kappa shape index (κ2) is 5.69. The third-order valence-electron chi connectivity index (χ3n) is 3.07. The first-order chi connectivity index (χ1) is 8.70. The average Bonchev–Trinajstić information content (AvgIpc) is 2.83. The maximum atomic E-state index is 6.23. The van der Waals surface area contributed by atoms with Crippen LogP contribution in [0.5, 0.6) is 0 Å². The van der Waals surface area contributed by atoms with Crippen LogP contribution in [0.2, 0.25) is 0 Å². The van der Waals surface area contributed by atoms with Crippen molar-refractivity contribution in [2.75, 3.05) is 18.0 Å². The molecule has 0 amide bonds. The molecule has 1 aromatic carbocycles. The molecule has 0 aliphatic carbocycles. The van der Waals surface area contributed by atoms with Gasteiger partial charge >= 0.3 is 0 Å². The van der Waals surface area contributed by atoms with Crippen molar-refractivity contribution in [2.45, 2.75) is 13.0 Å². The number of rotatable bonds is 5. The van der Waals surface area contributed by atoms with E-state index in [0.717, 1.165) is 18.7 Å². The van der Waals surface area contributed by atoms with Crippen LogP contribution in [0.4, 0.5) is 5.69 Å². The molecule has 2 N–H and O–H groups in total. The number of nitrogens with two attached hydrogens (primary N) is 1. The normalized spacial score (nSPS) is 12.4.